The molecular formula is C16H23NO3. The number of ether oxygens (including phenoxy) is 1. The molecule has 1 atom stereocenters. The second-order valence-electron chi connectivity index (χ2n) is 4.88. The second-order valence-corrected chi connectivity index (χ2v) is 4.88. The summed E-state index contributed by atoms with van der Waals surface area (Å²) in [5.41, 5.74) is 0.943. The first-order chi connectivity index (χ1) is 9.54. The molecular weight excluding hydrogens is 254 g/mol. The summed E-state index contributed by atoms with van der Waals surface area (Å²) < 4.78 is 5.28. The summed E-state index contributed by atoms with van der Waals surface area (Å²) in [6, 6.07) is 9.50. The molecule has 0 aliphatic rings. The molecule has 4 nitrogen and oxygen atoms in total. The lowest BCUT2D eigenvalue weighted by atomic mass is 10.2. The Morgan fingerprint density at radius 1 is 1.35 bits per heavy atom. The molecule has 110 valence electrons. The highest BCUT2D eigenvalue weighted by Gasteiger charge is 2.20. The van der Waals surface area contributed by atoms with Gasteiger partial charge in [-0.05, 0) is 26.3 Å². The van der Waals surface area contributed by atoms with E-state index < -0.39 is 12.2 Å². The van der Waals surface area contributed by atoms with Gasteiger partial charge in [0, 0.05) is 6.04 Å². The molecule has 20 heavy (non-hydrogen) atoms. The summed E-state index contributed by atoms with van der Waals surface area (Å²) in [5, 5.41) is 9.77. The number of carbonyl (C=O) groups is 1. The highest BCUT2D eigenvalue weighted by atomic mass is 16.6. The molecule has 1 aromatic rings. The molecule has 0 saturated carbocycles. The van der Waals surface area contributed by atoms with Crippen LogP contribution in [0.5, 0.6) is 0 Å². The zero-order valence-electron chi connectivity index (χ0n) is 12.3. The number of amides is 1. The topological polar surface area (TPSA) is 49.8 Å². The van der Waals surface area contributed by atoms with Crippen molar-refractivity contribution < 1.29 is 14.6 Å². The third-order valence-electron chi connectivity index (χ3n) is 2.86. The highest BCUT2D eigenvalue weighted by molar-refractivity contribution is 5.68. The van der Waals surface area contributed by atoms with Crippen molar-refractivity contribution in [3.05, 3.63) is 48.0 Å². The highest BCUT2D eigenvalue weighted by Crippen LogP contribution is 2.07. The van der Waals surface area contributed by atoms with Crippen molar-refractivity contribution in [2.45, 2.75) is 39.5 Å². The van der Waals surface area contributed by atoms with Gasteiger partial charge in [-0.2, -0.15) is 0 Å². The van der Waals surface area contributed by atoms with Crippen LogP contribution in [0.2, 0.25) is 0 Å². The summed E-state index contributed by atoms with van der Waals surface area (Å²) >= 11 is 0. The number of rotatable bonds is 6. The van der Waals surface area contributed by atoms with Crippen LogP contribution in [-0.2, 0) is 11.3 Å². The van der Waals surface area contributed by atoms with E-state index in [0.29, 0.717) is 0 Å². The van der Waals surface area contributed by atoms with Gasteiger partial charge in [-0.3, -0.25) is 0 Å². The molecule has 0 aliphatic heterocycles. The maximum Gasteiger partial charge on any atom is 0.410 e. The van der Waals surface area contributed by atoms with E-state index >= 15 is 0 Å². The van der Waals surface area contributed by atoms with Crippen LogP contribution in [0, 0.1) is 0 Å². The SMILES string of the molecule is C/C=C/[C@@H](O)CN(C(=O)OCc1ccccc1)C(C)C. The van der Waals surface area contributed by atoms with Crippen LogP contribution >= 0.6 is 0 Å². The molecule has 1 aromatic carbocycles. The van der Waals surface area contributed by atoms with E-state index in [-0.39, 0.29) is 19.2 Å². The fourth-order valence-electron chi connectivity index (χ4n) is 1.78. The van der Waals surface area contributed by atoms with Gasteiger partial charge in [-0.1, -0.05) is 42.5 Å². The van der Waals surface area contributed by atoms with E-state index in [1.165, 1.54) is 4.90 Å². The first kappa shape index (κ1) is 16.2. The molecule has 1 rings (SSSR count). The smallest absolute Gasteiger partial charge is 0.410 e. The molecule has 0 aromatic heterocycles. The van der Waals surface area contributed by atoms with Crippen molar-refractivity contribution in [2.75, 3.05) is 6.54 Å². The van der Waals surface area contributed by atoms with Gasteiger partial charge in [0.15, 0.2) is 0 Å². The lowest BCUT2D eigenvalue weighted by Crippen LogP contribution is -2.41. The van der Waals surface area contributed by atoms with Crippen molar-refractivity contribution in [3.63, 3.8) is 0 Å². The number of aliphatic hydroxyl groups is 1. The number of benzene rings is 1. The first-order valence-corrected chi connectivity index (χ1v) is 6.82. The van der Waals surface area contributed by atoms with Gasteiger partial charge in [0.1, 0.15) is 6.61 Å². The van der Waals surface area contributed by atoms with Crippen LogP contribution in [0.4, 0.5) is 4.79 Å². The van der Waals surface area contributed by atoms with Gasteiger partial charge in [-0.25, -0.2) is 4.79 Å². The fraction of sp³-hybridized carbons (Fsp3) is 0.438. The van der Waals surface area contributed by atoms with E-state index in [1.54, 1.807) is 12.2 Å². The van der Waals surface area contributed by atoms with Gasteiger partial charge in [0.05, 0.1) is 12.6 Å². The zero-order chi connectivity index (χ0) is 15.0. The minimum Gasteiger partial charge on any atom is -0.445 e. The van der Waals surface area contributed by atoms with Crippen LogP contribution in [0.3, 0.4) is 0 Å². The molecule has 0 saturated heterocycles. The van der Waals surface area contributed by atoms with Gasteiger partial charge >= 0.3 is 6.09 Å². The number of nitrogens with zero attached hydrogens (tertiary/aromatic N) is 1. The third kappa shape index (κ3) is 5.45. The Balaban J connectivity index is 2.56. The normalized spacial score (nSPS) is 12.7. The van der Waals surface area contributed by atoms with Gasteiger partial charge < -0.3 is 14.7 Å². The Hall–Kier alpha value is -1.81. The summed E-state index contributed by atoms with van der Waals surface area (Å²) in [7, 11) is 0. The van der Waals surface area contributed by atoms with Crippen molar-refractivity contribution in [2.24, 2.45) is 0 Å². The van der Waals surface area contributed by atoms with Crippen molar-refractivity contribution in [3.8, 4) is 0 Å². The predicted octanol–water partition coefficient (Wildman–Crippen LogP) is 2.97. The standard InChI is InChI=1S/C16H23NO3/c1-4-8-15(18)11-17(13(2)3)16(19)20-12-14-9-6-5-7-10-14/h4-10,13,15,18H,11-12H2,1-3H3/b8-4+/t15-/m1/s1. The van der Waals surface area contributed by atoms with Gasteiger partial charge in [0.25, 0.3) is 0 Å². The molecule has 0 aliphatic carbocycles. The summed E-state index contributed by atoms with van der Waals surface area (Å²) in [4.78, 5) is 13.6. The number of hydrogen-bond acceptors (Lipinski definition) is 3. The predicted molar refractivity (Wildman–Crippen MR) is 79.3 cm³/mol. The largest absolute Gasteiger partial charge is 0.445 e. The number of carbonyl (C=O) groups excluding carboxylic acids is 1. The molecule has 0 spiro atoms. The third-order valence-corrected chi connectivity index (χ3v) is 2.86. The Bertz CT molecular complexity index is 429. The maximum absolute atomic E-state index is 12.1. The Labute approximate surface area is 120 Å². The van der Waals surface area contributed by atoms with Crippen LogP contribution in [0.15, 0.2) is 42.5 Å². The molecule has 1 N–H and O–H groups in total. The summed E-state index contributed by atoms with van der Waals surface area (Å²) in [6.07, 6.45) is 2.33. The van der Waals surface area contributed by atoms with E-state index in [9.17, 15) is 9.90 Å². The average Bonchev–Trinajstić information content (AvgIpc) is 2.43. The van der Waals surface area contributed by atoms with E-state index in [2.05, 4.69) is 0 Å². The molecule has 0 radical (unpaired) electrons. The second kappa shape index (κ2) is 8.38. The number of hydrogen-bond donors (Lipinski definition) is 1. The van der Waals surface area contributed by atoms with E-state index in [1.807, 2.05) is 51.1 Å². The fourth-order valence-corrected chi connectivity index (χ4v) is 1.78. The number of aliphatic hydroxyl groups excluding tert-OH is 1. The zero-order valence-corrected chi connectivity index (χ0v) is 12.3. The Morgan fingerprint density at radius 2 is 2.00 bits per heavy atom. The molecule has 0 heterocycles. The minimum atomic E-state index is -0.674. The molecule has 0 bridgehead atoms. The van der Waals surface area contributed by atoms with Crippen LogP contribution < -0.4 is 0 Å². The lowest BCUT2D eigenvalue weighted by molar-refractivity contribution is 0.0674. The van der Waals surface area contributed by atoms with Crippen LogP contribution in [0.25, 0.3) is 0 Å². The molecule has 1 amide bonds. The van der Waals surface area contributed by atoms with Crippen molar-refractivity contribution in [1.82, 2.24) is 4.90 Å². The lowest BCUT2D eigenvalue weighted by Gasteiger charge is -2.27. The van der Waals surface area contributed by atoms with Gasteiger partial charge in [0.2, 0.25) is 0 Å². The number of allylic oxidation sites excluding steroid dienone is 1. The van der Waals surface area contributed by atoms with E-state index in [4.69, 9.17) is 4.74 Å². The summed E-state index contributed by atoms with van der Waals surface area (Å²) in [6.45, 7) is 6.09. The Morgan fingerprint density at radius 3 is 2.55 bits per heavy atom. The van der Waals surface area contributed by atoms with Crippen LogP contribution in [-0.4, -0.2) is 34.8 Å². The average molecular weight is 277 g/mol. The molecule has 4 heteroatoms. The van der Waals surface area contributed by atoms with Crippen LogP contribution in [0.1, 0.15) is 26.3 Å². The molecule has 0 unspecified atom stereocenters. The maximum atomic E-state index is 12.1. The minimum absolute atomic E-state index is 0.0295. The Kier molecular flexibility index (Phi) is 6.81. The van der Waals surface area contributed by atoms with Gasteiger partial charge in [-0.15, -0.1) is 0 Å². The monoisotopic (exact) mass is 277 g/mol. The molecule has 0 fully saturated rings. The summed E-state index contributed by atoms with van der Waals surface area (Å²) in [5.74, 6) is 0. The van der Waals surface area contributed by atoms with E-state index in [0.717, 1.165) is 5.56 Å². The quantitative estimate of drug-likeness (QED) is 0.813. The van der Waals surface area contributed by atoms with Crippen molar-refractivity contribution in [1.29, 1.82) is 0 Å². The van der Waals surface area contributed by atoms with Crippen molar-refractivity contribution >= 4 is 6.09 Å². The first-order valence-electron chi connectivity index (χ1n) is 6.82.